The van der Waals surface area contributed by atoms with Crippen LogP contribution in [0.2, 0.25) is 0 Å². The smallest absolute Gasteiger partial charge is 0.0551 e. The molecule has 0 aromatic heterocycles. The molecule has 1 N–H and O–H groups in total. The first-order valence-corrected chi connectivity index (χ1v) is 18.2. The summed E-state index contributed by atoms with van der Waals surface area (Å²) < 4.78 is 0. The Morgan fingerprint density at radius 2 is 1.20 bits per heavy atom. The third kappa shape index (κ3) is 5.21. The molecule has 8 aromatic carbocycles. The van der Waals surface area contributed by atoms with Crippen molar-refractivity contribution in [2.75, 3.05) is 11.6 Å². The fourth-order valence-electron chi connectivity index (χ4n) is 7.83. The molecule has 0 bridgehead atoms. The summed E-state index contributed by atoms with van der Waals surface area (Å²) in [6, 6.07) is 57.6. The topological polar surface area (TPSA) is 12.0 Å². The highest BCUT2D eigenvalue weighted by Gasteiger charge is 2.26. The number of rotatable bonds is 6. The predicted molar refractivity (Wildman–Crippen MR) is 214 cm³/mol. The van der Waals surface area contributed by atoms with E-state index in [0.717, 1.165) is 5.69 Å². The average molecular weight is 646 g/mol. The average Bonchev–Trinajstić information content (AvgIpc) is 3.18. The van der Waals surface area contributed by atoms with Gasteiger partial charge in [-0.2, -0.15) is 0 Å². The molecule has 0 spiro atoms. The molecular weight excluding hydrogens is 611 g/mol. The minimum absolute atomic E-state index is 0.0415. The number of thioether (sulfide) groups is 1. The molecule has 2 atom stereocenters. The standard InChI is InChI=1S/C47H35NS/c1-49-45-28-26-38-37(21-12-22-40(38)47(45)33-16-6-3-7-17-33)42-29-34(31-13-4-2-5-14-31)25-27-43(42)48-44-30-35-24-23-32-15-8-9-18-36(32)46(35)41-20-11-10-19-39(41)44/h2-30,42-43,48H,1H3. The van der Waals surface area contributed by atoms with Gasteiger partial charge in [-0.05, 0) is 78.4 Å². The van der Waals surface area contributed by atoms with Crippen molar-refractivity contribution in [2.45, 2.75) is 16.9 Å². The fraction of sp³-hybridized carbons (Fsp3) is 0.0638. The van der Waals surface area contributed by atoms with Crippen molar-refractivity contribution in [1.29, 1.82) is 0 Å². The van der Waals surface area contributed by atoms with E-state index in [0.29, 0.717) is 0 Å². The third-order valence-electron chi connectivity index (χ3n) is 10.1. The van der Waals surface area contributed by atoms with Crippen molar-refractivity contribution in [1.82, 2.24) is 0 Å². The molecule has 234 valence electrons. The summed E-state index contributed by atoms with van der Waals surface area (Å²) in [5, 5.41) is 14.3. The summed E-state index contributed by atoms with van der Waals surface area (Å²) in [5.74, 6) is 0.0960. The van der Waals surface area contributed by atoms with Gasteiger partial charge in [0, 0.05) is 27.5 Å². The minimum atomic E-state index is 0.0415. The lowest BCUT2D eigenvalue weighted by Gasteiger charge is -2.30. The number of fused-ring (bicyclic) bond motifs is 6. The van der Waals surface area contributed by atoms with Crippen molar-refractivity contribution < 1.29 is 0 Å². The van der Waals surface area contributed by atoms with Crippen LogP contribution in [0.1, 0.15) is 17.0 Å². The molecular formula is C47H35NS. The van der Waals surface area contributed by atoms with Crippen molar-refractivity contribution in [2.24, 2.45) is 0 Å². The van der Waals surface area contributed by atoms with Gasteiger partial charge in [0.1, 0.15) is 0 Å². The Hall–Kier alpha value is -5.57. The van der Waals surface area contributed by atoms with Gasteiger partial charge in [0.25, 0.3) is 0 Å². The van der Waals surface area contributed by atoms with Crippen molar-refractivity contribution in [3.63, 3.8) is 0 Å². The summed E-state index contributed by atoms with van der Waals surface area (Å²) in [6.45, 7) is 0. The van der Waals surface area contributed by atoms with Gasteiger partial charge in [0.2, 0.25) is 0 Å². The zero-order valence-corrected chi connectivity index (χ0v) is 28.1. The molecule has 0 heterocycles. The number of allylic oxidation sites excluding steroid dienone is 2. The molecule has 0 radical (unpaired) electrons. The Bertz CT molecular complexity index is 2560. The Morgan fingerprint density at radius 1 is 0.531 bits per heavy atom. The quantitative estimate of drug-likeness (QED) is 0.143. The lowest BCUT2D eigenvalue weighted by atomic mass is 9.81. The molecule has 1 aliphatic rings. The molecule has 1 nitrogen and oxygen atoms in total. The summed E-state index contributed by atoms with van der Waals surface area (Å²) >= 11 is 1.81. The fourth-order valence-corrected chi connectivity index (χ4v) is 8.46. The van der Waals surface area contributed by atoms with E-state index >= 15 is 0 Å². The van der Waals surface area contributed by atoms with Crippen LogP contribution < -0.4 is 5.32 Å². The zero-order valence-electron chi connectivity index (χ0n) is 27.3. The summed E-state index contributed by atoms with van der Waals surface area (Å²) in [5.41, 5.74) is 7.53. The van der Waals surface area contributed by atoms with Crippen LogP contribution in [0.25, 0.3) is 59.8 Å². The predicted octanol–water partition coefficient (Wildman–Crippen LogP) is 12.9. The van der Waals surface area contributed by atoms with E-state index in [2.05, 4.69) is 188 Å². The molecule has 49 heavy (non-hydrogen) atoms. The van der Waals surface area contributed by atoms with Gasteiger partial charge in [-0.3, -0.25) is 0 Å². The molecule has 2 unspecified atom stereocenters. The van der Waals surface area contributed by atoms with E-state index in [4.69, 9.17) is 0 Å². The van der Waals surface area contributed by atoms with E-state index in [1.54, 1.807) is 0 Å². The van der Waals surface area contributed by atoms with Gasteiger partial charge in [0.05, 0.1) is 6.04 Å². The lowest BCUT2D eigenvalue weighted by molar-refractivity contribution is 0.765. The van der Waals surface area contributed by atoms with Crippen LogP contribution in [0.3, 0.4) is 0 Å². The second-order valence-corrected chi connectivity index (χ2v) is 13.7. The highest BCUT2D eigenvalue weighted by Crippen LogP contribution is 2.43. The summed E-state index contributed by atoms with van der Waals surface area (Å²) in [4.78, 5) is 1.30. The van der Waals surface area contributed by atoms with Crippen molar-refractivity contribution in [3.05, 3.63) is 187 Å². The molecule has 9 rings (SSSR count). The summed E-state index contributed by atoms with van der Waals surface area (Å²) in [6.07, 6.45) is 9.32. The van der Waals surface area contributed by atoms with Gasteiger partial charge >= 0.3 is 0 Å². The molecule has 0 saturated heterocycles. The maximum Gasteiger partial charge on any atom is 0.0551 e. The van der Waals surface area contributed by atoms with E-state index in [1.807, 2.05) is 11.8 Å². The first-order valence-electron chi connectivity index (χ1n) is 17.0. The lowest BCUT2D eigenvalue weighted by Crippen LogP contribution is -2.27. The monoisotopic (exact) mass is 645 g/mol. The number of hydrogen-bond donors (Lipinski definition) is 1. The van der Waals surface area contributed by atoms with Gasteiger partial charge in [0.15, 0.2) is 0 Å². The Balaban J connectivity index is 1.23. The maximum absolute atomic E-state index is 4.08. The van der Waals surface area contributed by atoms with Gasteiger partial charge in [-0.1, -0.05) is 164 Å². The largest absolute Gasteiger partial charge is 0.377 e. The number of benzene rings is 8. The number of hydrogen-bond acceptors (Lipinski definition) is 2. The normalized spacial score (nSPS) is 16.0. The first kappa shape index (κ1) is 29.6. The Labute approximate surface area is 291 Å². The van der Waals surface area contributed by atoms with Crippen LogP contribution in [-0.4, -0.2) is 12.3 Å². The Kier molecular flexibility index (Phi) is 7.52. The molecule has 0 aliphatic heterocycles. The molecule has 8 aromatic rings. The number of nitrogens with one attached hydrogen (secondary N) is 1. The highest BCUT2D eigenvalue weighted by atomic mass is 32.2. The maximum atomic E-state index is 4.08. The van der Waals surface area contributed by atoms with Crippen LogP contribution in [0.5, 0.6) is 0 Å². The van der Waals surface area contributed by atoms with Gasteiger partial charge in [-0.15, -0.1) is 11.8 Å². The minimum Gasteiger partial charge on any atom is -0.377 e. The zero-order chi connectivity index (χ0) is 32.7. The molecule has 1 aliphatic carbocycles. The SMILES string of the molecule is CSc1ccc2c(C3C=C(c4ccccc4)C=CC3Nc3cc4ccc5ccccc5c4c4ccccc34)cccc2c1-c1ccccc1. The van der Waals surface area contributed by atoms with E-state index < -0.39 is 0 Å². The van der Waals surface area contributed by atoms with E-state index in [9.17, 15) is 0 Å². The Morgan fingerprint density at radius 3 is 2.00 bits per heavy atom. The van der Waals surface area contributed by atoms with Crippen LogP contribution in [-0.2, 0) is 0 Å². The van der Waals surface area contributed by atoms with E-state index in [-0.39, 0.29) is 12.0 Å². The van der Waals surface area contributed by atoms with Gasteiger partial charge < -0.3 is 5.32 Å². The number of anilines is 1. The molecule has 0 amide bonds. The third-order valence-corrected chi connectivity index (χ3v) is 10.9. The molecule has 2 heteroatoms. The van der Waals surface area contributed by atoms with E-state index in [1.165, 1.54) is 75.8 Å². The van der Waals surface area contributed by atoms with Crippen LogP contribution in [0.15, 0.2) is 181 Å². The van der Waals surface area contributed by atoms with Crippen LogP contribution in [0, 0.1) is 0 Å². The first-order chi connectivity index (χ1) is 24.3. The second-order valence-electron chi connectivity index (χ2n) is 12.8. The van der Waals surface area contributed by atoms with Gasteiger partial charge in [-0.25, -0.2) is 0 Å². The van der Waals surface area contributed by atoms with Crippen LogP contribution >= 0.6 is 11.8 Å². The van der Waals surface area contributed by atoms with Crippen LogP contribution in [0.4, 0.5) is 5.69 Å². The molecule has 0 fully saturated rings. The molecule has 0 saturated carbocycles. The summed E-state index contributed by atoms with van der Waals surface area (Å²) in [7, 11) is 0. The highest BCUT2D eigenvalue weighted by molar-refractivity contribution is 7.98. The second kappa shape index (κ2) is 12.5. The van der Waals surface area contributed by atoms with Crippen molar-refractivity contribution in [3.8, 4) is 11.1 Å². The van der Waals surface area contributed by atoms with Crippen molar-refractivity contribution >= 4 is 66.1 Å².